The van der Waals surface area contributed by atoms with Crippen LogP contribution in [0.5, 0.6) is 0 Å². The van der Waals surface area contributed by atoms with Crippen LogP contribution in [0.4, 0.5) is 10.1 Å². The van der Waals surface area contributed by atoms with E-state index in [-0.39, 0.29) is 11.9 Å². The fraction of sp³-hybridized carbons (Fsp3) is 0.625. The average molecular weight is 298 g/mol. The lowest BCUT2D eigenvalue weighted by Crippen LogP contribution is -2.31. The quantitative estimate of drug-likeness (QED) is 0.720. The number of hydrogen-bond acceptors (Lipinski definition) is 4. The van der Waals surface area contributed by atoms with Crippen molar-refractivity contribution in [1.82, 2.24) is 5.32 Å². The largest absolute Gasteiger partial charge is 0.383 e. The van der Waals surface area contributed by atoms with E-state index in [4.69, 9.17) is 9.47 Å². The summed E-state index contributed by atoms with van der Waals surface area (Å²) in [6.07, 6.45) is 0. The summed E-state index contributed by atoms with van der Waals surface area (Å²) in [4.78, 5) is 1.95. The van der Waals surface area contributed by atoms with Crippen LogP contribution < -0.4 is 10.2 Å². The third kappa shape index (κ3) is 5.61. The van der Waals surface area contributed by atoms with Gasteiger partial charge in [-0.05, 0) is 31.2 Å². The Morgan fingerprint density at radius 1 is 1.19 bits per heavy atom. The maximum atomic E-state index is 14.4. The number of rotatable bonds is 10. The second kappa shape index (κ2) is 9.71. The van der Waals surface area contributed by atoms with E-state index in [2.05, 4.69) is 5.32 Å². The minimum Gasteiger partial charge on any atom is -0.383 e. The number of halogens is 1. The number of methoxy groups -OCH3 is 2. The van der Waals surface area contributed by atoms with Gasteiger partial charge in [0.1, 0.15) is 5.82 Å². The van der Waals surface area contributed by atoms with Crippen LogP contribution in [-0.2, 0) is 9.47 Å². The van der Waals surface area contributed by atoms with Crippen molar-refractivity contribution in [2.24, 2.45) is 0 Å². The Bertz CT molecular complexity index is 407. The van der Waals surface area contributed by atoms with Crippen LogP contribution in [0, 0.1) is 5.82 Å². The van der Waals surface area contributed by atoms with Crippen molar-refractivity contribution in [2.45, 2.75) is 19.9 Å². The first-order chi connectivity index (χ1) is 10.1. The SMILES string of the molecule is CCNC(C)c1ccc(N(CCOC)CCOC)c(F)c1. The van der Waals surface area contributed by atoms with Gasteiger partial charge >= 0.3 is 0 Å². The van der Waals surface area contributed by atoms with Crippen molar-refractivity contribution in [3.63, 3.8) is 0 Å². The second-order valence-corrected chi connectivity index (χ2v) is 4.96. The molecular weight excluding hydrogens is 271 g/mol. The number of hydrogen-bond donors (Lipinski definition) is 1. The van der Waals surface area contributed by atoms with E-state index >= 15 is 0 Å². The van der Waals surface area contributed by atoms with Crippen LogP contribution in [0.2, 0.25) is 0 Å². The standard InChI is InChI=1S/C16H27FN2O2/c1-5-18-13(2)14-6-7-16(15(17)12-14)19(8-10-20-3)9-11-21-4/h6-7,12-13,18H,5,8-11H2,1-4H3. The van der Waals surface area contributed by atoms with Gasteiger partial charge in [0.15, 0.2) is 0 Å². The smallest absolute Gasteiger partial charge is 0.146 e. The molecule has 1 unspecified atom stereocenters. The first-order valence-electron chi connectivity index (χ1n) is 7.39. The molecule has 0 aliphatic carbocycles. The lowest BCUT2D eigenvalue weighted by atomic mass is 10.1. The van der Waals surface area contributed by atoms with Gasteiger partial charge in [0.2, 0.25) is 0 Å². The molecule has 0 aliphatic rings. The van der Waals surface area contributed by atoms with Crippen molar-refractivity contribution in [2.75, 3.05) is 52.0 Å². The minimum atomic E-state index is -0.204. The molecule has 0 heterocycles. The van der Waals surface area contributed by atoms with Crippen molar-refractivity contribution in [1.29, 1.82) is 0 Å². The topological polar surface area (TPSA) is 33.7 Å². The maximum Gasteiger partial charge on any atom is 0.146 e. The molecule has 0 radical (unpaired) electrons. The van der Waals surface area contributed by atoms with Crippen LogP contribution >= 0.6 is 0 Å². The Morgan fingerprint density at radius 2 is 1.81 bits per heavy atom. The second-order valence-electron chi connectivity index (χ2n) is 4.96. The zero-order chi connectivity index (χ0) is 15.7. The molecule has 0 saturated carbocycles. The summed E-state index contributed by atoms with van der Waals surface area (Å²) in [6, 6.07) is 5.56. The highest BCUT2D eigenvalue weighted by molar-refractivity contribution is 5.49. The summed E-state index contributed by atoms with van der Waals surface area (Å²) < 4.78 is 24.6. The Kier molecular flexibility index (Phi) is 8.27. The monoisotopic (exact) mass is 298 g/mol. The minimum absolute atomic E-state index is 0.143. The third-order valence-corrected chi connectivity index (χ3v) is 3.45. The van der Waals surface area contributed by atoms with Crippen molar-refractivity contribution in [3.05, 3.63) is 29.6 Å². The lowest BCUT2D eigenvalue weighted by Gasteiger charge is -2.25. The molecule has 21 heavy (non-hydrogen) atoms. The summed E-state index contributed by atoms with van der Waals surface area (Å²) in [5.41, 5.74) is 1.55. The maximum absolute atomic E-state index is 14.4. The van der Waals surface area contributed by atoms with Crippen molar-refractivity contribution >= 4 is 5.69 Å². The van der Waals surface area contributed by atoms with E-state index in [9.17, 15) is 4.39 Å². The van der Waals surface area contributed by atoms with Gasteiger partial charge in [0.05, 0.1) is 18.9 Å². The highest BCUT2D eigenvalue weighted by atomic mass is 19.1. The number of anilines is 1. The van der Waals surface area contributed by atoms with Crippen LogP contribution in [0.25, 0.3) is 0 Å². The first-order valence-corrected chi connectivity index (χ1v) is 7.39. The fourth-order valence-electron chi connectivity index (χ4n) is 2.23. The molecule has 1 rings (SSSR count). The number of ether oxygens (including phenoxy) is 2. The van der Waals surface area contributed by atoms with Gasteiger partial charge < -0.3 is 19.7 Å². The summed E-state index contributed by atoms with van der Waals surface area (Å²) in [5.74, 6) is -0.204. The van der Waals surface area contributed by atoms with Gasteiger partial charge in [-0.15, -0.1) is 0 Å². The number of benzene rings is 1. The molecule has 1 atom stereocenters. The molecule has 0 fully saturated rings. The van der Waals surface area contributed by atoms with Gasteiger partial charge in [0.25, 0.3) is 0 Å². The van der Waals surface area contributed by atoms with E-state index in [0.717, 1.165) is 12.1 Å². The van der Waals surface area contributed by atoms with Crippen LogP contribution in [0.1, 0.15) is 25.5 Å². The van der Waals surface area contributed by atoms with Gasteiger partial charge in [0, 0.05) is 33.4 Å². The molecule has 0 aliphatic heterocycles. The molecule has 0 amide bonds. The van der Waals surface area contributed by atoms with Crippen molar-refractivity contribution < 1.29 is 13.9 Å². The first kappa shape index (κ1) is 17.9. The van der Waals surface area contributed by atoms with E-state index in [1.54, 1.807) is 20.3 Å². The predicted octanol–water partition coefficient (Wildman–Crippen LogP) is 2.60. The van der Waals surface area contributed by atoms with E-state index < -0.39 is 0 Å². The number of nitrogens with zero attached hydrogens (tertiary/aromatic N) is 1. The Labute approximate surface area is 127 Å². The summed E-state index contributed by atoms with van der Waals surface area (Å²) in [6.45, 7) is 7.32. The zero-order valence-electron chi connectivity index (χ0n) is 13.5. The molecule has 5 heteroatoms. The van der Waals surface area contributed by atoms with E-state index in [1.165, 1.54) is 0 Å². The molecule has 120 valence electrons. The highest BCUT2D eigenvalue weighted by Crippen LogP contribution is 2.23. The average Bonchev–Trinajstić information content (AvgIpc) is 2.48. The van der Waals surface area contributed by atoms with Gasteiger partial charge in [-0.25, -0.2) is 4.39 Å². The van der Waals surface area contributed by atoms with Crippen LogP contribution in [0.15, 0.2) is 18.2 Å². The predicted molar refractivity (Wildman–Crippen MR) is 84.5 cm³/mol. The van der Waals surface area contributed by atoms with Crippen LogP contribution in [-0.4, -0.2) is 47.1 Å². The molecule has 4 nitrogen and oxygen atoms in total. The molecule has 1 aromatic carbocycles. The molecule has 1 aromatic rings. The Morgan fingerprint density at radius 3 is 2.29 bits per heavy atom. The molecule has 1 N–H and O–H groups in total. The van der Waals surface area contributed by atoms with Gasteiger partial charge in [-0.3, -0.25) is 0 Å². The third-order valence-electron chi connectivity index (χ3n) is 3.45. The summed E-state index contributed by atoms with van der Waals surface area (Å²) in [7, 11) is 3.29. The Balaban J connectivity index is 2.87. The fourth-order valence-corrected chi connectivity index (χ4v) is 2.23. The van der Waals surface area contributed by atoms with Crippen LogP contribution in [0.3, 0.4) is 0 Å². The van der Waals surface area contributed by atoms with Crippen molar-refractivity contribution in [3.8, 4) is 0 Å². The van der Waals surface area contributed by atoms with Gasteiger partial charge in [-0.1, -0.05) is 13.0 Å². The molecule has 0 bridgehead atoms. The Hall–Kier alpha value is -1.17. The molecule has 0 aromatic heterocycles. The van der Waals surface area contributed by atoms with E-state index in [1.807, 2.05) is 30.9 Å². The molecule has 0 spiro atoms. The normalized spacial score (nSPS) is 12.4. The zero-order valence-corrected chi connectivity index (χ0v) is 13.5. The number of nitrogens with one attached hydrogen (secondary N) is 1. The molecular formula is C16H27FN2O2. The van der Waals surface area contributed by atoms with E-state index in [0.29, 0.717) is 32.0 Å². The lowest BCUT2D eigenvalue weighted by molar-refractivity contribution is 0.190. The van der Waals surface area contributed by atoms with Gasteiger partial charge in [-0.2, -0.15) is 0 Å². The highest BCUT2D eigenvalue weighted by Gasteiger charge is 2.13. The molecule has 0 saturated heterocycles. The summed E-state index contributed by atoms with van der Waals surface area (Å²) >= 11 is 0. The summed E-state index contributed by atoms with van der Waals surface area (Å²) in [5, 5.41) is 3.29.